The number of carbonyl (C=O) groups is 2. The quantitative estimate of drug-likeness (QED) is 0.431. The van der Waals surface area contributed by atoms with Crippen molar-refractivity contribution >= 4 is 34.8 Å². The molecule has 2 rings (SSSR count). The molecule has 7 heteroatoms. The van der Waals surface area contributed by atoms with Gasteiger partial charge >= 0.3 is 0 Å². The summed E-state index contributed by atoms with van der Waals surface area (Å²) in [6, 6.07) is 14.3. The number of aliphatic hydroxyl groups excluding tert-OH is 1. The molecule has 0 radical (unpaired) electrons. The molecule has 0 heterocycles. The number of nitrogens with one attached hydrogen (secondary N) is 3. The first kappa shape index (κ1) is 22.5. The highest BCUT2D eigenvalue weighted by molar-refractivity contribution is 7.80. The lowest BCUT2D eigenvalue weighted by atomic mass is 9.87. The second-order valence-electron chi connectivity index (χ2n) is 7.61. The third-order valence-corrected chi connectivity index (χ3v) is 4.48. The second kappa shape index (κ2) is 10.1. The Balaban J connectivity index is 2.02. The molecular weight excluding hydrogens is 386 g/mol. The molecule has 0 saturated carbocycles. The molecule has 0 unspecified atom stereocenters. The molecule has 29 heavy (non-hydrogen) atoms. The zero-order valence-electron chi connectivity index (χ0n) is 16.9. The lowest BCUT2D eigenvalue weighted by Gasteiger charge is -2.19. The van der Waals surface area contributed by atoms with Gasteiger partial charge in [-0.15, -0.1) is 0 Å². The zero-order chi connectivity index (χ0) is 21.4. The van der Waals surface area contributed by atoms with Crippen LogP contribution >= 0.6 is 12.2 Å². The Morgan fingerprint density at radius 3 is 2.28 bits per heavy atom. The smallest absolute Gasteiger partial charge is 0.257 e. The van der Waals surface area contributed by atoms with Gasteiger partial charge in [0, 0.05) is 18.7 Å². The van der Waals surface area contributed by atoms with Crippen LogP contribution in [0.4, 0.5) is 5.69 Å². The monoisotopic (exact) mass is 413 g/mol. The van der Waals surface area contributed by atoms with E-state index >= 15 is 0 Å². The summed E-state index contributed by atoms with van der Waals surface area (Å²) in [5, 5.41) is 17.2. The topological polar surface area (TPSA) is 90.5 Å². The SMILES string of the molecule is CC(C)(C)c1ccc(C(=O)NC(=S)Nc2ccccc2C(=O)NCCCO)cc1. The summed E-state index contributed by atoms with van der Waals surface area (Å²) in [7, 11) is 0. The Labute approximate surface area is 176 Å². The van der Waals surface area contributed by atoms with Crippen LogP contribution in [0.1, 0.15) is 53.5 Å². The third kappa shape index (κ3) is 6.66. The lowest BCUT2D eigenvalue weighted by molar-refractivity contribution is 0.0950. The molecule has 4 N–H and O–H groups in total. The minimum Gasteiger partial charge on any atom is -0.396 e. The van der Waals surface area contributed by atoms with E-state index in [-0.39, 0.29) is 28.9 Å². The molecule has 6 nitrogen and oxygen atoms in total. The third-order valence-electron chi connectivity index (χ3n) is 4.28. The molecule has 154 valence electrons. The number of benzene rings is 2. The number of carbonyl (C=O) groups excluding carboxylic acids is 2. The summed E-state index contributed by atoms with van der Waals surface area (Å²) in [6.45, 7) is 6.71. The number of thiocarbonyl (C=S) groups is 1. The van der Waals surface area contributed by atoms with Crippen LogP contribution in [0.5, 0.6) is 0 Å². The van der Waals surface area contributed by atoms with Crippen LogP contribution < -0.4 is 16.0 Å². The molecule has 0 aliphatic rings. The van der Waals surface area contributed by atoms with Crippen LogP contribution in [-0.2, 0) is 5.41 Å². The van der Waals surface area contributed by atoms with Crippen LogP contribution in [0.15, 0.2) is 48.5 Å². The highest BCUT2D eigenvalue weighted by Gasteiger charge is 2.16. The first-order valence-electron chi connectivity index (χ1n) is 9.43. The molecule has 0 aliphatic carbocycles. The van der Waals surface area contributed by atoms with Gasteiger partial charge in [-0.3, -0.25) is 14.9 Å². The van der Waals surface area contributed by atoms with Gasteiger partial charge in [-0.25, -0.2) is 0 Å². The fourth-order valence-corrected chi connectivity index (χ4v) is 2.82. The second-order valence-corrected chi connectivity index (χ2v) is 8.02. The summed E-state index contributed by atoms with van der Waals surface area (Å²) in [5.41, 5.74) is 2.53. The van der Waals surface area contributed by atoms with Gasteiger partial charge in [0.05, 0.1) is 11.3 Å². The van der Waals surface area contributed by atoms with Crippen LogP contribution in [0, 0.1) is 0 Å². The Morgan fingerprint density at radius 2 is 1.66 bits per heavy atom. The number of amides is 2. The van der Waals surface area contributed by atoms with E-state index in [1.807, 2.05) is 12.1 Å². The predicted octanol–water partition coefficient (Wildman–Crippen LogP) is 3.22. The highest BCUT2D eigenvalue weighted by Crippen LogP contribution is 2.22. The molecule has 0 fully saturated rings. The largest absolute Gasteiger partial charge is 0.396 e. The number of hydrogen-bond acceptors (Lipinski definition) is 4. The molecule has 2 aromatic carbocycles. The first-order valence-corrected chi connectivity index (χ1v) is 9.84. The number of aliphatic hydroxyl groups is 1. The molecule has 0 spiro atoms. The fraction of sp³-hybridized carbons (Fsp3) is 0.318. The fourth-order valence-electron chi connectivity index (χ4n) is 2.62. The number of anilines is 1. The van der Waals surface area contributed by atoms with Gasteiger partial charge in [-0.2, -0.15) is 0 Å². The predicted molar refractivity (Wildman–Crippen MR) is 119 cm³/mol. The van der Waals surface area contributed by atoms with Gasteiger partial charge in [0.15, 0.2) is 5.11 Å². The number of hydrogen-bond donors (Lipinski definition) is 4. The summed E-state index contributed by atoms with van der Waals surface area (Å²) in [4.78, 5) is 24.8. The van der Waals surface area contributed by atoms with E-state index in [4.69, 9.17) is 17.3 Å². The van der Waals surface area contributed by atoms with Crippen LogP contribution in [0.2, 0.25) is 0 Å². The molecule has 0 aliphatic heterocycles. The van der Waals surface area contributed by atoms with Crippen molar-refractivity contribution in [1.82, 2.24) is 10.6 Å². The maximum Gasteiger partial charge on any atom is 0.257 e. The van der Waals surface area contributed by atoms with Crippen molar-refractivity contribution in [1.29, 1.82) is 0 Å². The van der Waals surface area contributed by atoms with Gasteiger partial charge < -0.3 is 15.7 Å². The van der Waals surface area contributed by atoms with Crippen molar-refractivity contribution in [3.8, 4) is 0 Å². The van der Waals surface area contributed by atoms with Crippen molar-refractivity contribution in [2.24, 2.45) is 0 Å². The highest BCUT2D eigenvalue weighted by atomic mass is 32.1. The molecular formula is C22H27N3O3S. The Morgan fingerprint density at radius 1 is 1.00 bits per heavy atom. The molecule has 0 saturated heterocycles. The average Bonchev–Trinajstić information content (AvgIpc) is 2.67. The van der Waals surface area contributed by atoms with Gasteiger partial charge in [-0.1, -0.05) is 45.0 Å². The molecule has 2 aromatic rings. The van der Waals surface area contributed by atoms with Crippen molar-refractivity contribution in [3.63, 3.8) is 0 Å². The van der Waals surface area contributed by atoms with Crippen molar-refractivity contribution in [2.45, 2.75) is 32.6 Å². The minimum absolute atomic E-state index is 0.00697. The molecule has 0 aromatic heterocycles. The normalized spacial score (nSPS) is 10.9. The van der Waals surface area contributed by atoms with Crippen LogP contribution in [0.3, 0.4) is 0 Å². The molecule has 2 amide bonds. The molecule has 0 bridgehead atoms. The maximum absolute atomic E-state index is 12.5. The summed E-state index contributed by atoms with van der Waals surface area (Å²) >= 11 is 5.24. The molecule has 0 atom stereocenters. The van der Waals surface area contributed by atoms with Crippen LogP contribution in [-0.4, -0.2) is 35.2 Å². The van der Waals surface area contributed by atoms with Crippen molar-refractivity contribution in [2.75, 3.05) is 18.5 Å². The standard InChI is InChI=1S/C22H27N3O3S/c1-22(2,3)16-11-9-15(10-12-16)19(27)25-21(29)24-18-8-5-4-7-17(18)20(28)23-13-6-14-26/h4-5,7-12,26H,6,13-14H2,1-3H3,(H,23,28)(H2,24,25,27,29). The van der Waals surface area contributed by atoms with E-state index in [0.29, 0.717) is 29.8 Å². The average molecular weight is 414 g/mol. The van der Waals surface area contributed by atoms with Crippen molar-refractivity contribution in [3.05, 3.63) is 65.2 Å². The van der Waals surface area contributed by atoms with Gasteiger partial charge in [0.25, 0.3) is 11.8 Å². The zero-order valence-corrected chi connectivity index (χ0v) is 17.7. The van der Waals surface area contributed by atoms with E-state index in [9.17, 15) is 9.59 Å². The van der Waals surface area contributed by atoms with E-state index in [1.165, 1.54) is 0 Å². The van der Waals surface area contributed by atoms with Crippen LogP contribution in [0.25, 0.3) is 0 Å². The van der Waals surface area contributed by atoms with E-state index < -0.39 is 0 Å². The van der Waals surface area contributed by atoms with E-state index in [0.717, 1.165) is 5.56 Å². The van der Waals surface area contributed by atoms with Crippen molar-refractivity contribution < 1.29 is 14.7 Å². The minimum atomic E-state index is -0.326. The Hall–Kier alpha value is -2.77. The number of para-hydroxylation sites is 1. The Kier molecular flexibility index (Phi) is 7.87. The summed E-state index contributed by atoms with van der Waals surface area (Å²) < 4.78 is 0. The van der Waals surface area contributed by atoms with Gasteiger partial charge in [-0.05, 0) is 53.9 Å². The Bertz CT molecular complexity index is 874. The van der Waals surface area contributed by atoms with E-state index in [1.54, 1.807) is 36.4 Å². The van der Waals surface area contributed by atoms with Gasteiger partial charge in [0.2, 0.25) is 0 Å². The number of rotatable bonds is 6. The van der Waals surface area contributed by atoms with Gasteiger partial charge in [0.1, 0.15) is 0 Å². The summed E-state index contributed by atoms with van der Waals surface area (Å²) in [6.07, 6.45) is 0.476. The maximum atomic E-state index is 12.5. The summed E-state index contributed by atoms with van der Waals surface area (Å²) in [5.74, 6) is -0.610. The van der Waals surface area contributed by atoms with E-state index in [2.05, 4.69) is 36.7 Å². The first-order chi connectivity index (χ1) is 13.7. The lowest BCUT2D eigenvalue weighted by Crippen LogP contribution is -2.35.